The number of thiazole rings is 1. The number of methoxy groups -OCH3 is 1. The minimum Gasteiger partial charge on any atom is -0.494 e. The van der Waals surface area contributed by atoms with Crippen molar-refractivity contribution >= 4 is 75.7 Å². The van der Waals surface area contributed by atoms with Crippen molar-refractivity contribution in [2.45, 2.75) is 37.5 Å². The number of nitrogens with zero attached hydrogens (tertiary/aromatic N) is 4. The fourth-order valence-corrected chi connectivity index (χ4v) is 5.63. The van der Waals surface area contributed by atoms with Crippen molar-refractivity contribution in [3.05, 3.63) is 41.0 Å². The molecular formula is C27H33B3N8O5S. The molecule has 5 rings (SSSR count). The molecule has 0 spiro atoms. The molecule has 17 heteroatoms. The zero-order valence-corrected chi connectivity index (χ0v) is 26.3. The highest BCUT2D eigenvalue weighted by Gasteiger charge is 2.41. The van der Waals surface area contributed by atoms with Crippen molar-refractivity contribution in [3.8, 4) is 16.3 Å². The van der Waals surface area contributed by atoms with Gasteiger partial charge >= 0.3 is 0 Å². The Balaban J connectivity index is 1.47. The van der Waals surface area contributed by atoms with Gasteiger partial charge in [-0.1, -0.05) is 6.07 Å². The number of aromatic nitrogens is 3. The van der Waals surface area contributed by atoms with E-state index < -0.39 is 16.7 Å². The molecule has 13 nitrogen and oxygen atoms in total. The number of carbonyl (C=O) groups is 4. The van der Waals surface area contributed by atoms with Gasteiger partial charge in [0.25, 0.3) is 11.8 Å². The molecule has 0 bridgehead atoms. The first-order valence-electron chi connectivity index (χ1n) is 14.3. The summed E-state index contributed by atoms with van der Waals surface area (Å²) in [4.78, 5) is 57.9. The zero-order chi connectivity index (χ0) is 31.8. The van der Waals surface area contributed by atoms with Gasteiger partial charge in [-0.15, -0.1) is 21.5 Å². The van der Waals surface area contributed by atoms with E-state index in [4.69, 9.17) is 4.74 Å². The van der Waals surface area contributed by atoms with Crippen molar-refractivity contribution in [3.63, 3.8) is 0 Å². The Bertz CT molecular complexity index is 1640. The number of para-hydroxylation sites is 1. The maximum absolute atomic E-state index is 13.4. The smallest absolute Gasteiger partial charge is 0.272 e. The van der Waals surface area contributed by atoms with Gasteiger partial charge in [0, 0.05) is 25.1 Å². The van der Waals surface area contributed by atoms with Gasteiger partial charge in [0.05, 0.1) is 30.2 Å². The van der Waals surface area contributed by atoms with Crippen molar-refractivity contribution < 1.29 is 23.9 Å². The predicted molar refractivity (Wildman–Crippen MR) is 175 cm³/mol. The number of amides is 4. The summed E-state index contributed by atoms with van der Waals surface area (Å²) in [5.74, 6) is -0.481. The molecule has 226 valence electrons. The van der Waals surface area contributed by atoms with Gasteiger partial charge in [0.1, 0.15) is 39.0 Å². The van der Waals surface area contributed by atoms with Crippen LogP contribution in [0.25, 0.3) is 10.6 Å². The number of benzene rings is 1. The van der Waals surface area contributed by atoms with Crippen LogP contribution in [0.2, 0.25) is 0 Å². The minimum atomic E-state index is -0.993. The van der Waals surface area contributed by atoms with E-state index in [1.807, 2.05) is 29.6 Å². The number of ether oxygens (including phenoxy) is 1. The minimum absolute atomic E-state index is 0.0344. The molecule has 1 aliphatic carbocycles. The molecule has 1 aromatic carbocycles. The van der Waals surface area contributed by atoms with E-state index in [0.717, 1.165) is 12.8 Å². The largest absolute Gasteiger partial charge is 0.494 e. The number of rotatable bonds is 9. The van der Waals surface area contributed by atoms with E-state index in [2.05, 4.69) is 36.4 Å². The lowest BCUT2D eigenvalue weighted by atomic mass is 9.49. The molecule has 0 unspecified atom stereocenters. The molecule has 2 aliphatic rings. The first-order chi connectivity index (χ1) is 20.8. The molecule has 3 aromatic rings. The monoisotopic (exact) mass is 614 g/mol. The summed E-state index contributed by atoms with van der Waals surface area (Å²) in [6.07, 6.45) is 3.16. The molecule has 1 saturated carbocycles. The molecule has 4 amide bonds. The Labute approximate surface area is 261 Å². The van der Waals surface area contributed by atoms with Gasteiger partial charge in [0.15, 0.2) is 17.3 Å². The van der Waals surface area contributed by atoms with Crippen molar-refractivity contribution in [2.24, 2.45) is 5.92 Å². The number of hydrogen-bond donors (Lipinski definition) is 4. The second kappa shape index (κ2) is 11.9. The fraction of sp³-hybridized carbons (Fsp3) is 0.370. The van der Waals surface area contributed by atoms with Crippen LogP contribution in [0.15, 0.2) is 30.5 Å². The SMILES string of the molecule is BC(B)(B)NC(=O)c1nnc(NC(=O)C2CC2)cc1Nc1cccc(-c2ncc(C(=O)N3CCNC(=O)C3(C)C)s2)c1OC. The van der Waals surface area contributed by atoms with Crippen LogP contribution in [0, 0.1) is 5.92 Å². The van der Waals surface area contributed by atoms with Gasteiger partial charge in [-0.25, -0.2) is 4.98 Å². The summed E-state index contributed by atoms with van der Waals surface area (Å²) in [5, 5.41) is 19.9. The Morgan fingerprint density at radius 3 is 2.59 bits per heavy atom. The highest BCUT2D eigenvalue weighted by atomic mass is 32.1. The highest BCUT2D eigenvalue weighted by Crippen LogP contribution is 2.40. The zero-order valence-electron chi connectivity index (χ0n) is 25.5. The lowest BCUT2D eigenvalue weighted by molar-refractivity contribution is -0.133. The van der Waals surface area contributed by atoms with Crippen LogP contribution in [-0.4, -0.2) is 98.2 Å². The summed E-state index contributed by atoms with van der Waals surface area (Å²) in [6.45, 7) is 4.20. The molecule has 0 radical (unpaired) electrons. The van der Waals surface area contributed by atoms with Gasteiger partial charge in [0.2, 0.25) is 11.8 Å². The van der Waals surface area contributed by atoms with Crippen LogP contribution in [0.1, 0.15) is 46.8 Å². The summed E-state index contributed by atoms with van der Waals surface area (Å²) >= 11 is 1.19. The van der Waals surface area contributed by atoms with Crippen molar-refractivity contribution in [1.29, 1.82) is 0 Å². The van der Waals surface area contributed by atoms with E-state index in [9.17, 15) is 19.2 Å². The summed E-state index contributed by atoms with van der Waals surface area (Å²) < 4.78 is 5.80. The Hall–Kier alpha value is -4.40. The molecule has 2 aromatic heterocycles. The molecule has 4 N–H and O–H groups in total. The third-order valence-corrected chi connectivity index (χ3v) is 8.25. The fourth-order valence-electron chi connectivity index (χ4n) is 4.74. The maximum Gasteiger partial charge on any atom is 0.272 e. The molecular weight excluding hydrogens is 581 g/mol. The quantitative estimate of drug-likeness (QED) is 0.228. The summed E-state index contributed by atoms with van der Waals surface area (Å²) in [7, 11) is 7.08. The Morgan fingerprint density at radius 1 is 1.16 bits per heavy atom. The standard InChI is InChI=1S/C27H33B3N8O5S/c1-26(2)25(42)31-9-10-38(26)24(41)17-12-32-23(44-17)14-5-4-6-15(20(14)43-3)33-16-11-18(34-21(39)13-7-8-13)36-37-19(16)22(40)35-27(28,29)30/h4-6,11-13H,7-10,28-30H2,1-3H3,(H,31,42)(H,35,40)(H2,33,34,36,39). The van der Waals surface area contributed by atoms with Crippen LogP contribution in [0.3, 0.4) is 0 Å². The van der Waals surface area contributed by atoms with E-state index in [1.165, 1.54) is 24.6 Å². The average molecular weight is 614 g/mol. The second-order valence-electron chi connectivity index (χ2n) is 12.3. The van der Waals surface area contributed by atoms with E-state index in [1.54, 1.807) is 36.9 Å². The molecule has 0 atom stereocenters. The summed E-state index contributed by atoms with van der Waals surface area (Å²) in [5.41, 5.74) is 0.463. The van der Waals surface area contributed by atoms with E-state index >= 15 is 0 Å². The van der Waals surface area contributed by atoms with Gasteiger partial charge < -0.3 is 30.9 Å². The van der Waals surface area contributed by atoms with E-state index in [0.29, 0.717) is 45.7 Å². The first-order valence-corrected chi connectivity index (χ1v) is 15.1. The second-order valence-corrected chi connectivity index (χ2v) is 13.3. The maximum atomic E-state index is 13.4. The first kappa shape index (κ1) is 31.0. The van der Waals surface area contributed by atoms with Gasteiger partial charge in [-0.05, 0) is 44.1 Å². The Kier molecular flexibility index (Phi) is 8.43. The van der Waals surface area contributed by atoms with Crippen molar-refractivity contribution in [2.75, 3.05) is 30.8 Å². The number of anilines is 3. The van der Waals surface area contributed by atoms with Gasteiger partial charge in [-0.3, -0.25) is 19.2 Å². The molecule has 44 heavy (non-hydrogen) atoms. The third-order valence-electron chi connectivity index (χ3n) is 7.23. The van der Waals surface area contributed by atoms with Crippen LogP contribution < -0.4 is 26.0 Å². The van der Waals surface area contributed by atoms with Crippen LogP contribution >= 0.6 is 11.3 Å². The number of nitrogens with one attached hydrogen (secondary N) is 4. The molecule has 1 saturated heterocycles. The lowest BCUT2D eigenvalue weighted by Gasteiger charge is -2.40. The van der Waals surface area contributed by atoms with Crippen LogP contribution in [0.4, 0.5) is 17.2 Å². The number of hydrogen-bond acceptors (Lipinski definition) is 10. The molecule has 3 heterocycles. The molecule has 2 fully saturated rings. The number of carbonyl (C=O) groups excluding carboxylic acids is 4. The predicted octanol–water partition coefficient (Wildman–Crippen LogP) is -0.708. The third kappa shape index (κ3) is 6.57. The van der Waals surface area contributed by atoms with E-state index in [-0.39, 0.29) is 35.2 Å². The normalized spacial score (nSPS) is 16.1. The van der Waals surface area contributed by atoms with Crippen molar-refractivity contribution in [1.82, 2.24) is 30.7 Å². The topological polar surface area (TPSA) is 168 Å². The summed E-state index contributed by atoms with van der Waals surface area (Å²) in [6, 6.07) is 6.94. The van der Waals surface area contributed by atoms with Crippen LogP contribution in [0.5, 0.6) is 5.75 Å². The highest BCUT2D eigenvalue weighted by molar-refractivity contribution is 7.17. The average Bonchev–Trinajstić information content (AvgIpc) is 3.70. The van der Waals surface area contributed by atoms with Gasteiger partial charge in [-0.2, -0.15) is 0 Å². The Morgan fingerprint density at radius 2 is 1.91 bits per heavy atom. The number of piperazine rings is 1. The molecule has 1 aliphatic heterocycles. The van der Waals surface area contributed by atoms with Crippen LogP contribution in [-0.2, 0) is 9.59 Å². The lowest BCUT2D eigenvalue weighted by Crippen LogP contribution is -2.63.